The van der Waals surface area contributed by atoms with E-state index in [0.717, 1.165) is 18.7 Å². The molecule has 1 aliphatic rings. The molecular weight excluding hydrogens is 276 g/mol. The predicted octanol–water partition coefficient (Wildman–Crippen LogP) is 1.43. The first-order chi connectivity index (χ1) is 9.59. The molecule has 0 fully saturated rings. The number of fused-ring (bicyclic) bond motifs is 1. The number of nitrogens with zero attached hydrogens (tertiary/aromatic N) is 3. The Hall–Kier alpha value is -2.02. The molecule has 0 bridgehead atoms. The highest BCUT2D eigenvalue weighted by Gasteiger charge is 2.28. The lowest BCUT2D eigenvalue weighted by atomic mass is 10.2. The number of aryl methyl sites for hydroxylation is 1. The summed E-state index contributed by atoms with van der Waals surface area (Å²) < 4.78 is 28.5. The van der Waals surface area contributed by atoms with Gasteiger partial charge in [0.25, 0.3) is 10.0 Å². The minimum absolute atomic E-state index is 0.219. The van der Waals surface area contributed by atoms with E-state index in [1.54, 1.807) is 7.05 Å². The van der Waals surface area contributed by atoms with Crippen LogP contribution in [0.15, 0.2) is 41.6 Å². The first-order valence-electron chi connectivity index (χ1n) is 6.43. The zero-order valence-electron chi connectivity index (χ0n) is 11.2. The molecule has 3 rings (SSSR count). The minimum Gasteiger partial charge on any atom is -0.383 e. The third-order valence-corrected chi connectivity index (χ3v) is 5.06. The van der Waals surface area contributed by atoms with E-state index in [2.05, 4.69) is 10.4 Å². The first kappa shape index (κ1) is 13.0. The fourth-order valence-electron chi connectivity index (χ4n) is 2.32. The Morgan fingerprint density at radius 3 is 2.85 bits per heavy atom. The van der Waals surface area contributed by atoms with Crippen molar-refractivity contribution in [1.29, 1.82) is 0 Å². The molecule has 0 atom stereocenters. The fourth-order valence-corrected chi connectivity index (χ4v) is 3.82. The summed E-state index contributed by atoms with van der Waals surface area (Å²) in [6.45, 7) is 1.22. The van der Waals surface area contributed by atoms with Gasteiger partial charge in [0.15, 0.2) is 0 Å². The van der Waals surface area contributed by atoms with Crippen molar-refractivity contribution in [2.75, 3.05) is 22.7 Å². The lowest BCUT2D eigenvalue weighted by molar-refractivity contribution is 0.590. The summed E-state index contributed by atoms with van der Waals surface area (Å²) in [4.78, 5) is 0.219. The number of nitrogens with one attached hydrogen (secondary N) is 1. The Kier molecular flexibility index (Phi) is 3.13. The van der Waals surface area contributed by atoms with Gasteiger partial charge in [-0.2, -0.15) is 5.10 Å². The van der Waals surface area contributed by atoms with E-state index in [4.69, 9.17) is 0 Å². The van der Waals surface area contributed by atoms with Gasteiger partial charge in [0.2, 0.25) is 0 Å². The maximum Gasteiger partial charge on any atom is 0.267 e. The molecule has 20 heavy (non-hydrogen) atoms. The predicted molar refractivity (Wildman–Crippen MR) is 77.3 cm³/mol. The Labute approximate surface area is 118 Å². The molecular formula is C13H16N4O2S. The van der Waals surface area contributed by atoms with Crippen LogP contribution in [0.5, 0.6) is 0 Å². The average molecular weight is 292 g/mol. The van der Waals surface area contributed by atoms with Crippen LogP contribution in [0.3, 0.4) is 0 Å². The largest absolute Gasteiger partial charge is 0.383 e. The van der Waals surface area contributed by atoms with Crippen molar-refractivity contribution in [2.45, 2.75) is 11.3 Å². The van der Waals surface area contributed by atoms with Gasteiger partial charge >= 0.3 is 0 Å². The van der Waals surface area contributed by atoms with Crippen LogP contribution in [0.4, 0.5) is 11.4 Å². The molecule has 0 unspecified atom stereocenters. The van der Waals surface area contributed by atoms with Crippen LogP contribution in [0, 0.1) is 0 Å². The van der Waals surface area contributed by atoms with Crippen molar-refractivity contribution < 1.29 is 8.42 Å². The molecule has 2 aromatic rings. The highest BCUT2D eigenvalue weighted by molar-refractivity contribution is 7.92. The van der Waals surface area contributed by atoms with E-state index >= 15 is 0 Å². The summed E-state index contributed by atoms with van der Waals surface area (Å²) in [6.07, 6.45) is 3.67. The molecule has 1 aromatic heterocycles. The van der Waals surface area contributed by atoms with Gasteiger partial charge in [-0.05, 0) is 18.6 Å². The number of benzene rings is 1. The number of hydrogen-bond donors (Lipinski definition) is 1. The second-order valence-corrected chi connectivity index (χ2v) is 6.59. The van der Waals surface area contributed by atoms with Crippen molar-refractivity contribution in [1.82, 2.24) is 9.78 Å². The number of aromatic nitrogens is 2. The number of sulfonamides is 1. The summed E-state index contributed by atoms with van der Waals surface area (Å²) in [7, 11) is -1.86. The first-order valence-corrected chi connectivity index (χ1v) is 7.87. The molecule has 1 aromatic carbocycles. The summed E-state index contributed by atoms with van der Waals surface area (Å²) in [5, 5.41) is 7.21. The van der Waals surface area contributed by atoms with Gasteiger partial charge in [-0.25, -0.2) is 8.42 Å². The van der Waals surface area contributed by atoms with Gasteiger partial charge in [0.05, 0.1) is 17.6 Å². The van der Waals surface area contributed by atoms with E-state index in [9.17, 15) is 8.42 Å². The molecule has 6 nitrogen and oxygen atoms in total. The molecule has 0 radical (unpaired) electrons. The summed E-state index contributed by atoms with van der Waals surface area (Å²) >= 11 is 0. The van der Waals surface area contributed by atoms with Crippen LogP contribution in [-0.4, -0.2) is 31.3 Å². The van der Waals surface area contributed by atoms with Gasteiger partial charge in [-0.1, -0.05) is 12.1 Å². The SMILES string of the molecule is Cn1cc(S(=O)(=O)N2CCCNc3ccccc32)cn1. The normalized spacial score (nSPS) is 15.3. The van der Waals surface area contributed by atoms with Crippen LogP contribution in [0.2, 0.25) is 0 Å². The lowest BCUT2D eigenvalue weighted by Gasteiger charge is -2.23. The maximum atomic E-state index is 12.8. The smallest absolute Gasteiger partial charge is 0.267 e. The van der Waals surface area contributed by atoms with Gasteiger partial charge < -0.3 is 5.32 Å². The summed E-state index contributed by atoms with van der Waals surface area (Å²) in [5.74, 6) is 0. The van der Waals surface area contributed by atoms with Gasteiger partial charge in [0, 0.05) is 26.3 Å². The standard InChI is InChI=1S/C13H16N4O2S/c1-16-10-11(9-15-16)20(18,19)17-8-4-7-14-12-5-2-3-6-13(12)17/h2-3,5-6,9-10,14H,4,7-8H2,1H3. The van der Waals surface area contributed by atoms with Gasteiger partial charge in [0.1, 0.15) is 4.90 Å². The van der Waals surface area contributed by atoms with Crippen molar-refractivity contribution in [3.05, 3.63) is 36.7 Å². The van der Waals surface area contributed by atoms with Crippen LogP contribution in [0.25, 0.3) is 0 Å². The second-order valence-electron chi connectivity index (χ2n) is 4.72. The Morgan fingerprint density at radius 2 is 2.10 bits per heavy atom. The highest BCUT2D eigenvalue weighted by Crippen LogP contribution is 2.32. The lowest BCUT2D eigenvalue weighted by Crippen LogP contribution is -2.31. The Balaban J connectivity index is 2.09. The van der Waals surface area contributed by atoms with E-state index in [1.165, 1.54) is 21.4 Å². The third kappa shape index (κ3) is 2.14. The van der Waals surface area contributed by atoms with Gasteiger partial charge in [-0.3, -0.25) is 8.99 Å². The summed E-state index contributed by atoms with van der Waals surface area (Å²) in [5.41, 5.74) is 1.53. The fraction of sp³-hybridized carbons (Fsp3) is 0.308. The summed E-state index contributed by atoms with van der Waals surface area (Å²) in [6, 6.07) is 7.46. The Bertz CT molecular complexity index is 723. The number of rotatable bonds is 2. The molecule has 1 N–H and O–H groups in total. The number of para-hydroxylation sites is 2. The quantitative estimate of drug-likeness (QED) is 0.909. The van der Waals surface area contributed by atoms with Crippen molar-refractivity contribution >= 4 is 21.4 Å². The minimum atomic E-state index is -3.57. The maximum absolute atomic E-state index is 12.8. The molecule has 2 heterocycles. The monoisotopic (exact) mass is 292 g/mol. The molecule has 7 heteroatoms. The van der Waals surface area contributed by atoms with E-state index < -0.39 is 10.0 Å². The number of anilines is 2. The topological polar surface area (TPSA) is 67.2 Å². The molecule has 1 aliphatic heterocycles. The van der Waals surface area contributed by atoms with Crippen molar-refractivity contribution in [3.63, 3.8) is 0 Å². The molecule has 0 amide bonds. The van der Waals surface area contributed by atoms with Crippen molar-refractivity contribution in [2.24, 2.45) is 7.05 Å². The van der Waals surface area contributed by atoms with Crippen LogP contribution in [0.1, 0.15) is 6.42 Å². The van der Waals surface area contributed by atoms with Crippen LogP contribution >= 0.6 is 0 Å². The zero-order chi connectivity index (χ0) is 14.2. The number of hydrogen-bond acceptors (Lipinski definition) is 4. The molecule has 0 saturated carbocycles. The highest BCUT2D eigenvalue weighted by atomic mass is 32.2. The van der Waals surface area contributed by atoms with E-state index in [-0.39, 0.29) is 4.90 Å². The van der Waals surface area contributed by atoms with E-state index in [1.807, 2.05) is 24.3 Å². The third-order valence-electron chi connectivity index (χ3n) is 3.30. The van der Waals surface area contributed by atoms with Gasteiger partial charge in [-0.15, -0.1) is 0 Å². The van der Waals surface area contributed by atoms with E-state index in [0.29, 0.717) is 12.2 Å². The molecule has 106 valence electrons. The van der Waals surface area contributed by atoms with Crippen LogP contribution < -0.4 is 9.62 Å². The molecule has 0 aliphatic carbocycles. The Morgan fingerprint density at radius 1 is 1.30 bits per heavy atom. The second kappa shape index (κ2) is 4.82. The average Bonchev–Trinajstić information content (AvgIpc) is 2.75. The molecule has 0 saturated heterocycles. The van der Waals surface area contributed by atoms with Crippen LogP contribution in [-0.2, 0) is 17.1 Å². The van der Waals surface area contributed by atoms with Crippen molar-refractivity contribution in [3.8, 4) is 0 Å². The molecule has 0 spiro atoms. The zero-order valence-corrected chi connectivity index (χ0v) is 12.0.